The molecule has 3 heteroatoms. The number of hydrogen-bond donors (Lipinski definition) is 0. The standard InChI is InChI=1S/C12H17NO2/c1-3-5-10(8-12(14)15-2)11-6-4-7-13-9-11/h4,6-7,9-10H,3,5,8H2,1-2H3. The Morgan fingerprint density at radius 3 is 2.93 bits per heavy atom. The summed E-state index contributed by atoms with van der Waals surface area (Å²) in [6.45, 7) is 2.11. The van der Waals surface area contributed by atoms with Crippen LogP contribution in [0, 0.1) is 0 Å². The second-order valence-electron chi connectivity index (χ2n) is 3.55. The Morgan fingerprint density at radius 1 is 1.60 bits per heavy atom. The fourth-order valence-electron chi connectivity index (χ4n) is 1.64. The molecule has 1 atom stereocenters. The van der Waals surface area contributed by atoms with E-state index in [2.05, 4.69) is 16.6 Å². The maximum atomic E-state index is 11.2. The molecule has 1 heterocycles. The summed E-state index contributed by atoms with van der Waals surface area (Å²) in [7, 11) is 1.43. The fraction of sp³-hybridized carbons (Fsp3) is 0.500. The van der Waals surface area contributed by atoms with Crippen LogP contribution in [0.15, 0.2) is 24.5 Å². The Hall–Kier alpha value is -1.38. The van der Waals surface area contributed by atoms with E-state index in [-0.39, 0.29) is 11.9 Å². The highest BCUT2D eigenvalue weighted by molar-refractivity contribution is 5.70. The summed E-state index contributed by atoms with van der Waals surface area (Å²) < 4.78 is 4.69. The third-order valence-corrected chi connectivity index (χ3v) is 2.43. The largest absolute Gasteiger partial charge is 0.469 e. The van der Waals surface area contributed by atoms with Crippen molar-refractivity contribution in [2.24, 2.45) is 0 Å². The summed E-state index contributed by atoms with van der Waals surface area (Å²) in [5.41, 5.74) is 1.12. The molecule has 0 amide bonds. The van der Waals surface area contributed by atoms with Gasteiger partial charge in [0.15, 0.2) is 0 Å². The van der Waals surface area contributed by atoms with Gasteiger partial charge >= 0.3 is 5.97 Å². The van der Waals surface area contributed by atoms with Gasteiger partial charge in [0.1, 0.15) is 0 Å². The lowest BCUT2D eigenvalue weighted by Gasteiger charge is -2.14. The third-order valence-electron chi connectivity index (χ3n) is 2.43. The van der Waals surface area contributed by atoms with E-state index in [9.17, 15) is 4.79 Å². The van der Waals surface area contributed by atoms with Crippen molar-refractivity contribution in [2.45, 2.75) is 32.1 Å². The Balaban J connectivity index is 2.70. The minimum absolute atomic E-state index is 0.155. The molecule has 0 aromatic carbocycles. The van der Waals surface area contributed by atoms with E-state index in [1.165, 1.54) is 7.11 Å². The van der Waals surface area contributed by atoms with E-state index in [1.54, 1.807) is 6.20 Å². The van der Waals surface area contributed by atoms with Crippen molar-refractivity contribution in [1.82, 2.24) is 4.98 Å². The molecule has 0 aliphatic heterocycles. The van der Waals surface area contributed by atoms with Gasteiger partial charge in [-0.05, 0) is 24.0 Å². The lowest BCUT2D eigenvalue weighted by atomic mass is 9.93. The minimum atomic E-state index is -0.155. The van der Waals surface area contributed by atoms with Crippen molar-refractivity contribution in [3.63, 3.8) is 0 Å². The summed E-state index contributed by atoms with van der Waals surface area (Å²) in [6, 6.07) is 3.91. The molecule has 1 aromatic heterocycles. The zero-order chi connectivity index (χ0) is 11.1. The average molecular weight is 207 g/mol. The van der Waals surface area contributed by atoms with Crippen LogP contribution in [0.4, 0.5) is 0 Å². The van der Waals surface area contributed by atoms with Crippen LogP contribution >= 0.6 is 0 Å². The first kappa shape index (κ1) is 11.7. The minimum Gasteiger partial charge on any atom is -0.469 e. The number of carbonyl (C=O) groups excluding carboxylic acids is 1. The van der Waals surface area contributed by atoms with Gasteiger partial charge in [-0.15, -0.1) is 0 Å². The Kier molecular flexibility index (Phi) is 4.81. The summed E-state index contributed by atoms with van der Waals surface area (Å²) in [5, 5.41) is 0. The van der Waals surface area contributed by atoms with Crippen LogP contribution in [0.3, 0.4) is 0 Å². The van der Waals surface area contributed by atoms with Gasteiger partial charge < -0.3 is 4.74 Å². The number of pyridine rings is 1. The monoisotopic (exact) mass is 207 g/mol. The van der Waals surface area contributed by atoms with E-state index in [1.807, 2.05) is 18.3 Å². The first-order valence-electron chi connectivity index (χ1n) is 5.24. The summed E-state index contributed by atoms with van der Waals surface area (Å²) in [4.78, 5) is 15.3. The van der Waals surface area contributed by atoms with Gasteiger partial charge in [0.25, 0.3) is 0 Å². The maximum absolute atomic E-state index is 11.2. The molecule has 3 nitrogen and oxygen atoms in total. The fourth-order valence-corrected chi connectivity index (χ4v) is 1.64. The van der Waals surface area contributed by atoms with Crippen LogP contribution in [-0.2, 0) is 9.53 Å². The molecule has 1 aromatic rings. The summed E-state index contributed by atoms with van der Waals surface area (Å²) in [6.07, 6.45) is 6.04. The molecule has 0 aliphatic carbocycles. The Morgan fingerprint density at radius 2 is 2.40 bits per heavy atom. The first-order chi connectivity index (χ1) is 7.27. The third kappa shape index (κ3) is 3.70. The van der Waals surface area contributed by atoms with E-state index in [0.717, 1.165) is 18.4 Å². The zero-order valence-corrected chi connectivity index (χ0v) is 9.27. The number of rotatable bonds is 5. The molecule has 1 rings (SSSR count). The molecular weight excluding hydrogens is 190 g/mol. The number of nitrogens with zero attached hydrogens (tertiary/aromatic N) is 1. The van der Waals surface area contributed by atoms with Crippen LogP contribution in [0.5, 0.6) is 0 Å². The van der Waals surface area contributed by atoms with E-state index in [0.29, 0.717) is 6.42 Å². The predicted octanol–water partition coefficient (Wildman–Crippen LogP) is 2.53. The van der Waals surface area contributed by atoms with Crippen molar-refractivity contribution in [2.75, 3.05) is 7.11 Å². The van der Waals surface area contributed by atoms with E-state index >= 15 is 0 Å². The summed E-state index contributed by atoms with van der Waals surface area (Å²) in [5.74, 6) is 0.0773. The van der Waals surface area contributed by atoms with Crippen molar-refractivity contribution in [1.29, 1.82) is 0 Å². The SMILES string of the molecule is CCCC(CC(=O)OC)c1cccnc1. The highest BCUT2D eigenvalue weighted by Crippen LogP contribution is 2.24. The Labute approximate surface area is 90.5 Å². The number of carbonyl (C=O) groups is 1. The van der Waals surface area contributed by atoms with Gasteiger partial charge in [0.05, 0.1) is 13.5 Å². The zero-order valence-electron chi connectivity index (χ0n) is 9.27. The average Bonchev–Trinajstić information content (AvgIpc) is 2.29. The van der Waals surface area contributed by atoms with Crippen LogP contribution in [0.25, 0.3) is 0 Å². The molecule has 0 bridgehead atoms. The quantitative estimate of drug-likeness (QED) is 0.696. The normalized spacial score (nSPS) is 12.1. The second-order valence-corrected chi connectivity index (χ2v) is 3.55. The number of hydrogen-bond acceptors (Lipinski definition) is 3. The topological polar surface area (TPSA) is 39.2 Å². The summed E-state index contributed by atoms with van der Waals surface area (Å²) >= 11 is 0. The molecule has 0 N–H and O–H groups in total. The number of methoxy groups -OCH3 is 1. The maximum Gasteiger partial charge on any atom is 0.306 e. The van der Waals surface area contributed by atoms with Crippen molar-refractivity contribution in [3.8, 4) is 0 Å². The van der Waals surface area contributed by atoms with E-state index < -0.39 is 0 Å². The molecule has 0 aliphatic rings. The Bertz CT molecular complexity index is 298. The van der Waals surface area contributed by atoms with Crippen LogP contribution in [-0.4, -0.2) is 18.1 Å². The highest BCUT2D eigenvalue weighted by Gasteiger charge is 2.15. The number of aromatic nitrogens is 1. The highest BCUT2D eigenvalue weighted by atomic mass is 16.5. The van der Waals surface area contributed by atoms with E-state index in [4.69, 9.17) is 0 Å². The van der Waals surface area contributed by atoms with Crippen molar-refractivity contribution >= 4 is 5.97 Å². The second kappa shape index (κ2) is 6.17. The molecule has 0 spiro atoms. The smallest absolute Gasteiger partial charge is 0.306 e. The lowest BCUT2D eigenvalue weighted by molar-refractivity contribution is -0.141. The van der Waals surface area contributed by atoms with Gasteiger partial charge in [-0.25, -0.2) is 0 Å². The molecule has 1 unspecified atom stereocenters. The molecule has 0 saturated heterocycles. The van der Waals surface area contributed by atoms with Gasteiger partial charge in [-0.3, -0.25) is 9.78 Å². The molecule has 0 radical (unpaired) electrons. The van der Waals surface area contributed by atoms with Gasteiger partial charge in [-0.2, -0.15) is 0 Å². The van der Waals surface area contributed by atoms with Gasteiger partial charge in [0.2, 0.25) is 0 Å². The molecule has 0 fully saturated rings. The van der Waals surface area contributed by atoms with Crippen molar-refractivity contribution in [3.05, 3.63) is 30.1 Å². The molecule has 82 valence electrons. The van der Waals surface area contributed by atoms with Crippen LogP contribution in [0.1, 0.15) is 37.7 Å². The number of ether oxygens (including phenoxy) is 1. The molecule has 0 saturated carbocycles. The van der Waals surface area contributed by atoms with Gasteiger partial charge in [-0.1, -0.05) is 19.4 Å². The first-order valence-corrected chi connectivity index (χ1v) is 5.24. The predicted molar refractivity (Wildman–Crippen MR) is 58.5 cm³/mol. The van der Waals surface area contributed by atoms with Crippen molar-refractivity contribution < 1.29 is 9.53 Å². The lowest BCUT2D eigenvalue weighted by Crippen LogP contribution is -2.08. The number of esters is 1. The molecular formula is C12H17NO2. The van der Waals surface area contributed by atoms with Crippen LogP contribution in [0.2, 0.25) is 0 Å². The van der Waals surface area contributed by atoms with Crippen LogP contribution < -0.4 is 0 Å². The van der Waals surface area contributed by atoms with Gasteiger partial charge in [0, 0.05) is 12.4 Å². The molecule has 15 heavy (non-hydrogen) atoms.